The minimum atomic E-state index is -0.103. The van der Waals surface area contributed by atoms with Crippen LogP contribution in [0.2, 0.25) is 0 Å². The van der Waals surface area contributed by atoms with E-state index in [4.69, 9.17) is 15.2 Å². The van der Waals surface area contributed by atoms with Gasteiger partial charge in [-0.1, -0.05) is 31.0 Å². The highest BCUT2D eigenvalue weighted by atomic mass is 16.5. The van der Waals surface area contributed by atoms with E-state index in [1.165, 1.54) is 25.7 Å². The van der Waals surface area contributed by atoms with E-state index < -0.39 is 0 Å². The smallest absolute Gasteiger partial charge is 0.124 e. The molecule has 3 nitrogen and oxygen atoms in total. The van der Waals surface area contributed by atoms with Crippen LogP contribution in [0.25, 0.3) is 0 Å². The maximum atomic E-state index is 6.20. The van der Waals surface area contributed by atoms with Crippen LogP contribution in [0.1, 0.15) is 44.2 Å². The Hall–Kier alpha value is -1.06. The Balaban J connectivity index is 1.92. The summed E-state index contributed by atoms with van der Waals surface area (Å²) in [5, 5.41) is 0. The number of benzene rings is 1. The summed E-state index contributed by atoms with van der Waals surface area (Å²) >= 11 is 0. The van der Waals surface area contributed by atoms with Gasteiger partial charge in [0.05, 0.1) is 25.4 Å². The fourth-order valence-corrected chi connectivity index (χ4v) is 2.46. The molecule has 0 amide bonds. The van der Waals surface area contributed by atoms with Crippen molar-refractivity contribution in [3.8, 4) is 5.75 Å². The quantitative estimate of drug-likeness (QED) is 0.842. The predicted octanol–water partition coefficient (Wildman–Crippen LogP) is 3.04. The van der Waals surface area contributed by atoms with Crippen molar-refractivity contribution in [2.75, 3.05) is 13.2 Å². The number of rotatable bonds is 6. The molecule has 100 valence electrons. The summed E-state index contributed by atoms with van der Waals surface area (Å²) in [7, 11) is 0. The summed E-state index contributed by atoms with van der Waals surface area (Å²) < 4.78 is 11.5. The number of nitrogens with two attached hydrogens (primary N) is 1. The van der Waals surface area contributed by atoms with Gasteiger partial charge in [-0.05, 0) is 25.8 Å². The van der Waals surface area contributed by atoms with Gasteiger partial charge in [-0.2, -0.15) is 0 Å². The van der Waals surface area contributed by atoms with Crippen LogP contribution in [0.5, 0.6) is 5.75 Å². The first-order valence-electron chi connectivity index (χ1n) is 6.90. The predicted molar refractivity (Wildman–Crippen MR) is 72.7 cm³/mol. The van der Waals surface area contributed by atoms with Gasteiger partial charge in [-0.3, -0.25) is 0 Å². The lowest BCUT2D eigenvalue weighted by Crippen LogP contribution is -2.21. The molecule has 2 N–H and O–H groups in total. The Morgan fingerprint density at radius 3 is 2.72 bits per heavy atom. The zero-order chi connectivity index (χ0) is 12.8. The van der Waals surface area contributed by atoms with Crippen LogP contribution in [-0.2, 0) is 4.74 Å². The zero-order valence-corrected chi connectivity index (χ0v) is 11.1. The van der Waals surface area contributed by atoms with Gasteiger partial charge < -0.3 is 15.2 Å². The molecule has 0 saturated heterocycles. The van der Waals surface area contributed by atoms with Gasteiger partial charge in [0.15, 0.2) is 0 Å². The van der Waals surface area contributed by atoms with Crippen molar-refractivity contribution in [3.63, 3.8) is 0 Å². The highest BCUT2D eigenvalue weighted by Gasteiger charge is 2.18. The molecule has 1 atom stereocenters. The van der Waals surface area contributed by atoms with Crippen LogP contribution < -0.4 is 10.5 Å². The summed E-state index contributed by atoms with van der Waals surface area (Å²) in [6.07, 6.45) is 5.35. The Bertz CT molecular complexity index is 361. The standard InChI is InChI=1S/C15H23NO2/c1-2-17-15-10-6-5-9-13(15)14(16)11-18-12-7-3-4-8-12/h5-6,9-10,12,14H,2-4,7-8,11,16H2,1H3. The SMILES string of the molecule is CCOc1ccccc1C(N)COC1CCCC1. The minimum absolute atomic E-state index is 0.103. The summed E-state index contributed by atoms with van der Waals surface area (Å²) in [6, 6.07) is 7.85. The van der Waals surface area contributed by atoms with Gasteiger partial charge >= 0.3 is 0 Å². The van der Waals surface area contributed by atoms with Crippen molar-refractivity contribution >= 4 is 0 Å². The minimum Gasteiger partial charge on any atom is -0.494 e. The lowest BCUT2D eigenvalue weighted by Gasteiger charge is -2.19. The van der Waals surface area contributed by atoms with Crippen molar-refractivity contribution in [2.24, 2.45) is 5.73 Å². The molecule has 1 aliphatic rings. The Morgan fingerprint density at radius 1 is 1.28 bits per heavy atom. The molecule has 1 unspecified atom stereocenters. The van der Waals surface area contributed by atoms with Crippen molar-refractivity contribution < 1.29 is 9.47 Å². The lowest BCUT2D eigenvalue weighted by atomic mass is 10.1. The normalized spacial score (nSPS) is 17.9. The van der Waals surface area contributed by atoms with Crippen molar-refractivity contribution in [3.05, 3.63) is 29.8 Å². The monoisotopic (exact) mass is 249 g/mol. The topological polar surface area (TPSA) is 44.5 Å². The summed E-state index contributed by atoms with van der Waals surface area (Å²) in [4.78, 5) is 0. The van der Waals surface area contributed by atoms with Crippen LogP contribution in [0, 0.1) is 0 Å². The molecule has 0 aliphatic heterocycles. The zero-order valence-electron chi connectivity index (χ0n) is 11.1. The number of para-hydroxylation sites is 1. The average Bonchev–Trinajstić information content (AvgIpc) is 2.90. The first-order valence-corrected chi connectivity index (χ1v) is 6.90. The molecular weight excluding hydrogens is 226 g/mol. The molecule has 1 saturated carbocycles. The van der Waals surface area contributed by atoms with Crippen molar-refractivity contribution in [1.29, 1.82) is 0 Å². The molecule has 2 rings (SSSR count). The van der Waals surface area contributed by atoms with E-state index in [0.717, 1.165) is 11.3 Å². The highest BCUT2D eigenvalue weighted by Crippen LogP contribution is 2.26. The van der Waals surface area contributed by atoms with E-state index >= 15 is 0 Å². The van der Waals surface area contributed by atoms with Gasteiger partial charge in [-0.25, -0.2) is 0 Å². The van der Waals surface area contributed by atoms with Gasteiger partial charge in [-0.15, -0.1) is 0 Å². The molecule has 0 radical (unpaired) electrons. The van der Waals surface area contributed by atoms with Crippen LogP contribution in [-0.4, -0.2) is 19.3 Å². The molecule has 0 bridgehead atoms. The Kier molecular flexibility index (Phi) is 5.02. The molecule has 1 aliphatic carbocycles. The maximum absolute atomic E-state index is 6.20. The number of hydrogen-bond acceptors (Lipinski definition) is 3. The fourth-order valence-electron chi connectivity index (χ4n) is 2.46. The van der Waals surface area contributed by atoms with Crippen molar-refractivity contribution in [2.45, 2.75) is 44.8 Å². The first kappa shape index (κ1) is 13.4. The highest BCUT2D eigenvalue weighted by molar-refractivity contribution is 5.35. The molecule has 3 heteroatoms. The third-order valence-electron chi connectivity index (χ3n) is 3.43. The fraction of sp³-hybridized carbons (Fsp3) is 0.600. The first-order chi connectivity index (χ1) is 8.81. The Morgan fingerprint density at radius 2 is 2.00 bits per heavy atom. The largest absolute Gasteiger partial charge is 0.494 e. The summed E-state index contributed by atoms with van der Waals surface area (Å²) in [5.41, 5.74) is 7.24. The van der Waals surface area contributed by atoms with Gasteiger partial charge in [0, 0.05) is 5.56 Å². The lowest BCUT2D eigenvalue weighted by molar-refractivity contribution is 0.0485. The van der Waals surface area contributed by atoms with Gasteiger partial charge in [0.2, 0.25) is 0 Å². The van der Waals surface area contributed by atoms with Crippen LogP contribution >= 0.6 is 0 Å². The van der Waals surface area contributed by atoms with E-state index in [1.807, 2.05) is 31.2 Å². The van der Waals surface area contributed by atoms with Gasteiger partial charge in [0.1, 0.15) is 5.75 Å². The van der Waals surface area contributed by atoms with E-state index in [1.54, 1.807) is 0 Å². The molecule has 0 heterocycles. The van der Waals surface area contributed by atoms with Crippen LogP contribution in [0.4, 0.5) is 0 Å². The molecule has 0 spiro atoms. The maximum Gasteiger partial charge on any atom is 0.124 e. The second kappa shape index (κ2) is 6.76. The van der Waals surface area contributed by atoms with E-state index in [-0.39, 0.29) is 6.04 Å². The second-order valence-electron chi connectivity index (χ2n) is 4.82. The molecular formula is C15H23NO2. The number of hydrogen-bond donors (Lipinski definition) is 1. The molecule has 1 aromatic carbocycles. The van der Waals surface area contributed by atoms with Crippen molar-refractivity contribution in [1.82, 2.24) is 0 Å². The number of ether oxygens (including phenoxy) is 2. The van der Waals surface area contributed by atoms with E-state index in [0.29, 0.717) is 19.3 Å². The van der Waals surface area contributed by atoms with E-state index in [9.17, 15) is 0 Å². The van der Waals surface area contributed by atoms with E-state index in [2.05, 4.69) is 0 Å². The van der Waals surface area contributed by atoms with Gasteiger partial charge in [0.25, 0.3) is 0 Å². The molecule has 1 fully saturated rings. The third kappa shape index (κ3) is 3.47. The second-order valence-corrected chi connectivity index (χ2v) is 4.82. The summed E-state index contributed by atoms with van der Waals surface area (Å²) in [6.45, 7) is 3.22. The molecule has 0 aromatic heterocycles. The Labute approximate surface area is 109 Å². The average molecular weight is 249 g/mol. The molecule has 1 aromatic rings. The molecule has 18 heavy (non-hydrogen) atoms. The van der Waals surface area contributed by atoms with Crippen LogP contribution in [0.15, 0.2) is 24.3 Å². The summed E-state index contributed by atoms with van der Waals surface area (Å²) in [5.74, 6) is 0.877. The third-order valence-corrected chi connectivity index (χ3v) is 3.43. The van der Waals surface area contributed by atoms with Crippen LogP contribution in [0.3, 0.4) is 0 Å².